The lowest BCUT2D eigenvalue weighted by Crippen LogP contribution is -2.50. The van der Waals surface area contributed by atoms with Crippen LogP contribution in [0.5, 0.6) is 0 Å². The van der Waals surface area contributed by atoms with Gasteiger partial charge in [-0.2, -0.15) is 0 Å². The lowest BCUT2D eigenvalue weighted by Gasteiger charge is -2.17. The normalized spacial score (nSPS) is 46.3. The Bertz CT molecular complexity index is 210. The van der Waals surface area contributed by atoms with E-state index in [-0.39, 0.29) is 12.6 Å². The van der Waals surface area contributed by atoms with Gasteiger partial charge in [-0.15, -0.1) is 0 Å². The molecule has 68 valence electrons. The molecule has 2 saturated heterocycles. The molecule has 4 N–H and O–H groups in total. The summed E-state index contributed by atoms with van der Waals surface area (Å²) < 4.78 is 5.12. The van der Waals surface area contributed by atoms with E-state index in [0.717, 1.165) is 0 Å². The number of carbonyl (C=O) groups is 1. The van der Waals surface area contributed by atoms with Gasteiger partial charge in [-0.3, -0.25) is 0 Å². The summed E-state index contributed by atoms with van der Waals surface area (Å²) in [4.78, 5) is 10.8. The van der Waals surface area contributed by atoms with E-state index >= 15 is 0 Å². The summed E-state index contributed by atoms with van der Waals surface area (Å²) in [6.45, 7) is 0.223. The summed E-state index contributed by atoms with van der Waals surface area (Å²) in [6.07, 6.45) is -3.25. The number of aliphatic hydroxyl groups is 2. The van der Waals surface area contributed by atoms with Crippen LogP contribution in [0, 0.1) is 0 Å². The van der Waals surface area contributed by atoms with Gasteiger partial charge in [-0.05, 0) is 0 Å². The van der Waals surface area contributed by atoms with Gasteiger partial charge in [0.25, 0.3) is 0 Å². The van der Waals surface area contributed by atoms with Crippen LogP contribution in [0.25, 0.3) is 0 Å². The van der Waals surface area contributed by atoms with Gasteiger partial charge < -0.3 is 25.6 Å². The zero-order valence-corrected chi connectivity index (χ0v) is 6.23. The van der Waals surface area contributed by atoms with Gasteiger partial charge in [0.15, 0.2) is 6.23 Å². The number of urea groups is 1. The molecule has 2 bridgehead atoms. The van der Waals surface area contributed by atoms with Crippen molar-refractivity contribution in [3.8, 4) is 0 Å². The molecule has 2 heterocycles. The molecule has 6 nitrogen and oxygen atoms in total. The number of ether oxygens (including phenoxy) is 1. The van der Waals surface area contributed by atoms with Crippen LogP contribution in [0.2, 0.25) is 0 Å². The molecule has 0 radical (unpaired) electrons. The molecule has 0 aromatic carbocycles. The fourth-order valence-electron chi connectivity index (χ4n) is 1.41. The molecule has 2 fully saturated rings. The topological polar surface area (TPSA) is 90.8 Å². The molecule has 0 saturated carbocycles. The largest absolute Gasteiger partial charge is 0.387 e. The molecular weight excluding hydrogens is 164 g/mol. The first-order valence-electron chi connectivity index (χ1n) is 3.74. The smallest absolute Gasteiger partial charge is 0.316 e. The SMILES string of the molecule is O=C1NCC2OC(N1)C(O)[C@@H]2O. The molecule has 3 unspecified atom stereocenters. The van der Waals surface area contributed by atoms with Crippen LogP contribution in [0.1, 0.15) is 0 Å². The van der Waals surface area contributed by atoms with E-state index in [0.29, 0.717) is 0 Å². The number of hydrogen-bond acceptors (Lipinski definition) is 4. The molecule has 0 aromatic rings. The van der Waals surface area contributed by atoms with E-state index in [1.165, 1.54) is 0 Å². The molecule has 2 aliphatic rings. The standard InChI is InChI=1S/C6H10N2O4/c9-3-2-1-7-6(11)8-5(12-2)4(3)10/h2-5,9-10H,1H2,(H2,7,8,11)/t2?,3-,4?,5?/m1/s1. The van der Waals surface area contributed by atoms with Crippen LogP contribution >= 0.6 is 0 Å². The van der Waals surface area contributed by atoms with Crippen LogP contribution < -0.4 is 10.6 Å². The number of hydrogen-bond donors (Lipinski definition) is 4. The molecule has 4 atom stereocenters. The van der Waals surface area contributed by atoms with E-state index in [9.17, 15) is 15.0 Å². The molecule has 0 aromatic heterocycles. The van der Waals surface area contributed by atoms with Crippen molar-refractivity contribution in [3.05, 3.63) is 0 Å². The van der Waals surface area contributed by atoms with Gasteiger partial charge in [0.05, 0.1) is 0 Å². The second kappa shape index (κ2) is 2.58. The molecule has 2 amide bonds. The Balaban J connectivity index is 2.15. The highest BCUT2D eigenvalue weighted by atomic mass is 16.6. The number of aliphatic hydroxyl groups excluding tert-OH is 2. The average Bonchev–Trinajstić information content (AvgIpc) is 2.28. The number of carbonyl (C=O) groups excluding carboxylic acids is 1. The van der Waals surface area contributed by atoms with Gasteiger partial charge >= 0.3 is 6.03 Å². The van der Waals surface area contributed by atoms with Gasteiger partial charge in [-0.1, -0.05) is 0 Å². The molecule has 0 spiro atoms. The summed E-state index contributed by atoms with van der Waals surface area (Å²) in [7, 11) is 0. The van der Waals surface area contributed by atoms with Crippen molar-refractivity contribution in [2.75, 3.05) is 6.54 Å². The summed E-state index contributed by atoms with van der Waals surface area (Å²) in [5.41, 5.74) is 0. The molecule has 6 heteroatoms. The van der Waals surface area contributed by atoms with Crippen molar-refractivity contribution in [2.45, 2.75) is 24.5 Å². The quantitative estimate of drug-likeness (QED) is 0.334. The van der Waals surface area contributed by atoms with Crippen LogP contribution in [0.15, 0.2) is 0 Å². The Labute approximate surface area is 68.5 Å². The summed E-state index contributed by atoms with van der Waals surface area (Å²) in [5, 5.41) is 23.5. The monoisotopic (exact) mass is 174 g/mol. The Morgan fingerprint density at radius 2 is 2.17 bits per heavy atom. The van der Waals surface area contributed by atoms with Crippen molar-refractivity contribution in [1.82, 2.24) is 10.6 Å². The predicted octanol–water partition coefficient (Wildman–Crippen LogP) is -2.25. The maximum atomic E-state index is 10.8. The second-order valence-electron chi connectivity index (χ2n) is 2.93. The molecule has 0 aliphatic carbocycles. The van der Waals surface area contributed by atoms with Gasteiger partial charge in [0.2, 0.25) is 0 Å². The number of rotatable bonds is 0. The predicted molar refractivity (Wildman–Crippen MR) is 37.2 cm³/mol. The fourth-order valence-corrected chi connectivity index (χ4v) is 1.41. The second-order valence-corrected chi connectivity index (χ2v) is 2.93. The first-order chi connectivity index (χ1) is 5.68. The van der Waals surface area contributed by atoms with Crippen molar-refractivity contribution in [1.29, 1.82) is 0 Å². The van der Waals surface area contributed by atoms with Crippen molar-refractivity contribution >= 4 is 6.03 Å². The van der Waals surface area contributed by atoms with E-state index in [4.69, 9.17) is 4.74 Å². The lowest BCUT2D eigenvalue weighted by atomic mass is 10.1. The maximum absolute atomic E-state index is 10.8. The molecule has 2 rings (SSSR count). The zero-order chi connectivity index (χ0) is 8.72. The highest BCUT2D eigenvalue weighted by Gasteiger charge is 2.45. The first kappa shape index (κ1) is 7.78. The average molecular weight is 174 g/mol. The third kappa shape index (κ3) is 1.04. The zero-order valence-electron chi connectivity index (χ0n) is 6.23. The van der Waals surface area contributed by atoms with Crippen LogP contribution in [-0.2, 0) is 4.74 Å². The minimum absolute atomic E-state index is 0.223. The van der Waals surface area contributed by atoms with Crippen LogP contribution in [-0.4, -0.2) is 47.3 Å². The third-order valence-corrected chi connectivity index (χ3v) is 2.10. The van der Waals surface area contributed by atoms with Crippen LogP contribution in [0.3, 0.4) is 0 Å². The Morgan fingerprint density at radius 1 is 1.42 bits per heavy atom. The Kier molecular flexibility index (Phi) is 1.67. The molecular formula is C6H10N2O4. The highest BCUT2D eigenvalue weighted by molar-refractivity contribution is 5.74. The molecule has 2 aliphatic heterocycles. The van der Waals surface area contributed by atoms with Gasteiger partial charge in [0.1, 0.15) is 18.3 Å². The highest BCUT2D eigenvalue weighted by Crippen LogP contribution is 2.20. The van der Waals surface area contributed by atoms with E-state index in [1.54, 1.807) is 0 Å². The van der Waals surface area contributed by atoms with E-state index in [2.05, 4.69) is 10.6 Å². The van der Waals surface area contributed by atoms with Crippen LogP contribution in [0.4, 0.5) is 4.79 Å². The first-order valence-corrected chi connectivity index (χ1v) is 3.74. The van der Waals surface area contributed by atoms with Crippen molar-refractivity contribution < 1.29 is 19.7 Å². The number of amides is 2. The van der Waals surface area contributed by atoms with Crippen molar-refractivity contribution in [3.63, 3.8) is 0 Å². The van der Waals surface area contributed by atoms with Gasteiger partial charge in [0, 0.05) is 6.54 Å². The number of fused-ring (bicyclic) bond motifs is 2. The minimum atomic E-state index is -1.03. The van der Waals surface area contributed by atoms with E-state index < -0.39 is 24.5 Å². The summed E-state index contributed by atoms with van der Waals surface area (Å²) in [6, 6.07) is -0.381. The lowest BCUT2D eigenvalue weighted by molar-refractivity contribution is 0.00679. The Hall–Kier alpha value is -0.850. The fraction of sp³-hybridized carbons (Fsp3) is 0.833. The third-order valence-electron chi connectivity index (χ3n) is 2.10. The summed E-state index contributed by atoms with van der Waals surface area (Å²) >= 11 is 0. The molecule has 12 heavy (non-hydrogen) atoms. The summed E-state index contributed by atoms with van der Waals surface area (Å²) in [5.74, 6) is 0. The van der Waals surface area contributed by atoms with Gasteiger partial charge in [-0.25, -0.2) is 4.79 Å². The van der Waals surface area contributed by atoms with E-state index in [1.807, 2.05) is 0 Å². The minimum Gasteiger partial charge on any atom is -0.387 e. The Morgan fingerprint density at radius 3 is 2.92 bits per heavy atom. The maximum Gasteiger partial charge on any atom is 0.316 e. The van der Waals surface area contributed by atoms with Crippen molar-refractivity contribution in [2.24, 2.45) is 0 Å². The number of nitrogens with one attached hydrogen (secondary N) is 2.